The molecule has 1 saturated heterocycles. The second kappa shape index (κ2) is 8.76. The normalized spacial score (nSPS) is 14.9. The van der Waals surface area contributed by atoms with E-state index in [1.807, 2.05) is 4.90 Å². The third kappa shape index (κ3) is 6.36. The van der Waals surface area contributed by atoms with Crippen molar-refractivity contribution < 1.29 is 18.7 Å². The molecule has 1 aromatic heterocycles. The minimum Gasteiger partial charge on any atom is -0.465 e. The number of thiocarbonyl (C=S) groups is 1. The number of ether oxygens (including phenoxy) is 1. The molecule has 0 radical (unpaired) electrons. The fourth-order valence-corrected chi connectivity index (χ4v) is 1.77. The van der Waals surface area contributed by atoms with Gasteiger partial charge in [0.05, 0.1) is 19.6 Å². The van der Waals surface area contributed by atoms with Crippen molar-refractivity contribution in [1.82, 2.24) is 26.4 Å². The molecule has 23 heavy (non-hydrogen) atoms. The van der Waals surface area contributed by atoms with Crippen LogP contribution in [0.3, 0.4) is 0 Å². The summed E-state index contributed by atoms with van der Waals surface area (Å²) in [6.45, 7) is 1.89. The van der Waals surface area contributed by atoms with Crippen molar-refractivity contribution in [3.63, 3.8) is 0 Å². The zero-order chi connectivity index (χ0) is 16.5. The first kappa shape index (κ1) is 16.8. The lowest BCUT2D eigenvalue weighted by molar-refractivity contribution is -0.117. The second-order valence-electron chi connectivity index (χ2n) is 4.49. The average molecular weight is 339 g/mol. The highest BCUT2D eigenvalue weighted by Gasteiger charge is 2.12. The Bertz CT molecular complexity index is 565. The van der Waals surface area contributed by atoms with Crippen molar-refractivity contribution in [2.75, 3.05) is 26.5 Å². The highest BCUT2D eigenvalue weighted by molar-refractivity contribution is 7.80. The summed E-state index contributed by atoms with van der Waals surface area (Å²) in [4.78, 5) is 24.8. The van der Waals surface area contributed by atoms with Gasteiger partial charge in [0, 0.05) is 12.6 Å². The number of hydrogen-bond donors (Lipinski definition) is 4. The molecular weight excluding hydrogens is 322 g/mol. The molecule has 10 heteroatoms. The van der Waals surface area contributed by atoms with E-state index in [-0.39, 0.29) is 6.61 Å². The van der Waals surface area contributed by atoms with Crippen molar-refractivity contribution in [1.29, 1.82) is 0 Å². The number of amides is 2. The van der Waals surface area contributed by atoms with Gasteiger partial charge in [0.1, 0.15) is 12.4 Å². The maximum absolute atomic E-state index is 11.4. The number of nitrogens with one attached hydrogen (secondary N) is 4. The molecule has 0 spiro atoms. The summed E-state index contributed by atoms with van der Waals surface area (Å²) < 4.78 is 9.96. The molecule has 2 rings (SSSR count). The van der Waals surface area contributed by atoms with Gasteiger partial charge in [0.15, 0.2) is 5.11 Å². The fraction of sp³-hybridized carbons (Fsp3) is 0.308. The molecule has 4 N–H and O–H groups in total. The van der Waals surface area contributed by atoms with Gasteiger partial charge in [-0.3, -0.25) is 15.1 Å². The number of carbonyl (C=O) groups is 2. The van der Waals surface area contributed by atoms with Crippen LogP contribution in [0.5, 0.6) is 0 Å². The molecule has 1 fully saturated rings. The molecule has 0 atom stereocenters. The van der Waals surface area contributed by atoms with Gasteiger partial charge < -0.3 is 19.8 Å². The van der Waals surface area contributed by atoms with E-state index in [2.05, 4.69) is 21.5 Å². The number of nitrogens with zero attached hydrogens (tertiary/aromatic N) is 1. The van der Waals surface area contributed by atoms with E-state index in [1.165, 1.54) is 18.4 Å². The van der Waals surface area contributed by atoms with Gasteiger partial charge in [-0.25, -0.2) is 10.2 Å². The van der Waals surface area contributed by atoms with E-state index < -0.39 is 12.0 Å². The number of rotatable bonds is 5. The van der Waals surface area contributed by atoms with Crippen molar-refractivity contribution in [2.45, 2.75) is 0 Å². The van der Waals surface area contributed by atoms with Crippen molar-refractivity contribution in [3.8, 4) is 0 Å². The first-order chi connectivity index (χ1) is 11.1. The van der Waals surface area contributed by atoms with Gasteiger partial charge in [-0.15, -0.1) is 0 Å². The minimum absolute atomic E-state index is 0.181. The van der Waals surface area contributed by atoms with Gasteiger partial charge in [0.25, 0.3) is 5.91 Å². The molecule has 124 valence electrons. The summed E-state index contributed by atoms with van der Waals surface area (Å²) in [7, 11) is 0. The predicted octanol–water partition coefficient (Wildman–Crippen LogP) is -0.255. The predicted molar refractivity (Wildman–Crippen MR) is 85.7 cm³/mol. The quantitative estimate of drug-likeness (QED) is 0.330. The van der Waals surface area contributed by atoms with Crippen LogP contribution in [-0.4, -0.2) is 48.5 Å². The van der Waals surface area contributed by atoms with Crippen LogP contribution in [0, 0.1) is 0 Å². The standard InChI is InChI=1S/C13H17N5O4S/c19-11(4-3-10-2-1-6-21-10)16-17-13(20)22-7-5-18-8-14-12(23)15-9-18/h1-4,6H,5,7-9H2,(H,16,19)(H,17,20)(H2,14,15,23). The Morgan fingerprint density at radius 1 is 1.39 bits per heavy atom. The van der Waals surface area contributed by atoms with Crippen molar-refractivity contribution in [2.24, 2.45) is 0 Å². The maximum atomic E-state index is 11.4. The molecule has 2 amide bonds. The fourth-order valence-electron chi connectivity index (χ4n) is 1.65. The third-order valence-corrected chi connectivity index (χ3v) is 3.09. The van der Waals surface area contributed by atoms with E-state index >= 15 is 0 Å². The monoisotopic (exact) mass is 339 g/mol. The summed E-state index contributed by atoms with van der Waals surface area (Å²) in [6.07, 6.45) is 3.46. The van der Waals surface area contributed by atoms with Crippen LogP contribution < -0.4 is 21.5 Å². The largest absolute Gasteiger partial charge is 0.465 e. The van der Waals surface area contributed by atoms with Gasteiger partial charge in [-0.1, -0.05) is 0 Å². The van der Waals surface area contributed by atoms with E-state index in [1.54, 1.807) is 12.1 Å². The highest BCUT2D eigenvalue weighted by Crippen LogP contribution is 2.01. The lowest BCUT2D eigenvalue weighted by Gasteiger charge is -2.29. The Morgan fingerprint density at radius 3 is 2.87 bits per heavy atom. The Kier molecular flexibility index (Phi) is 6.39. The van der Waals surface area contributed by atoms with E-state index in [9.17, 15) is 9.59 Å². The SMILES string of the molecule is O=C(C=Cc1ccco1)NNC(=O)OCCN1CNC(=S)NC1. The molecule has 9 nitrogen and oxygen atoms in total. The van der Waals surface area contributed by atoms with Crippen LogP contribution in [0.4, 0.5) is 4.79 Å². The second-order valence-corrected chi connectivity index (χ2v) is 4.90. The van der Waals surface area contributed by atoms with E-state index in [0.717, 1.165) is 0 Å². The van der Waals surface area contributed by atoms with E-state index in [0.29, 0.717) is 30.8 Å². The van der Waals surface area contributed by atoms with Gasteiger partial charge >= 0.3 is 6.09 Å². The highest BCUT2D eigenvalue weighted by atomic mass is 32.1. The van der Waals surface area contributed by atoms with Crippen LogP contribution in [0.2, 0.25) is 0 Å². The summed E-state index contributed by atoms with van der Waals surface area (Å²) in [5.74, 6) is 0.0299. The zero-order valence-electron chi connectivity index (χ0n) is 12.2. The molecule has 0 aromatic carbocycles. The Morgan fingerprint density at radius 2 is 2.17 bits per heavy atom. The van der Waals surface area contributed by atoms with Gasteiger partial charge in [0.2, 0.25) is 0 Å². The van der Waals surface area contributed by atoms with Gasteiger partial charge in [-0.05, 0) is 30.4 Å². The van der Waals surface area contributed by atoms with Crippen LogP contribution in [0.1, 0.15) is 5.76 Å². The lowest BCUT2D eigenvalue weighted by atomic mass is 10.4. The lowest BCUT2D eigenvalue weighted by Crippen LogP contribution is -2.54. The number of hydrazine groups is 1. The maximum Gasteiger partial charge on any atom is 0.426 e. The summed E-state index contributed by atoms with van der Waals surface area (Å²) in [5.41, 5.74) is 4.34. The minimum atomic E-state index is -0.738. The molecule has 0 aliphatic carbocycles. The van der Waals surface area contributed by atoms with Gasteiger partial charge in [-0.2, -0.15) is 0 Å². The molecule has 1 aliphatic rings. The summed E-state index contributed by atoms with van der Waals surface area (Å²) in [6, 6.07) is 3.40. The molecule has 0 saturated carbocycles. The molecule has 1 aliphatic heterocycles. The molecule has 2 heterocycles. The van der Waals surface area contributed by atoms with E-state index in [4.69, 9.17) is 21.4 Å². The molecule has 0 bridgehead atoms. The number of carbonyl (C=O) groups excluding carboxylic acids is 2. The van der Waals surface area contributed by atoms with Crippen LogP contribution in [-0.2, 0) is 9.53 Å². The van der Waals surface area contributed by atoms with Crippen molar-refractivity contribution in [3.05, 3.63) is 30.2 Å². The number of furan rings is 1. The summed E-state index contributed by atoms with van der Waals surface area (Å²) >= 11 is 4.92. The van der Waals surface area contributed by atoms with Crippen LogP contribution >= 0.6 is 12.2 Å². The molecule has 1 aromatic rings. The topological polar surface area (TPSA) is 108 Å². The smallest absolute Gasteiger partial charge is 0.426 e. The third-order valence-electron chi connectivity index (χ3n) is 2.80. The molecular formula is C13H17N5O4S. The van der Waals surface area contributed by atoms with Crippen molar-refractivity contribution >= 4 is 35.4 Å². The Balaban J connectivity index is 1.56. The first-order valence-corrected chi connectivity index (χ1v) is 7.23. The zero-order valence-corrected chi connectivity index (χ0v) is 13.0. The van der Waals surface area contributed by atoms with Crippen LogP contribution in [0.15, 0.2) is 28.9 Å². The first-order valence-electron chi connectivity index (χ1n) is 6.82. The molecule has 0 unspecified atom stereocenters. The number of hydrogen-bond acceptors (Lipinski definition) is 6. The average Bonchev–Trinajstić information content (AvgIpc) is 3.06. The Labute approximate surface area is 138 Å². The Hall–Kier alpha value is -2.59. The summed E-state index contributed by atoms with van der Waals surface area (Å²) in [5, 5.41) is 6.51. The van der Waals surface area contributed by atoms with Crippen LogP contribution in [0.25, 0.3) is 6.08 Å².